The predicted octanol–water partition coefficient (Wildman–Crippen LogP) is 7.62. The van der Waals surface area contributed by atoms with Crippen molar-refractivity contribution in [3.63, 3.8) is 0 Å². The third-order valence-corrected chi connectivity index (χ3v) is 9.54. The number of ether oxygens (including phenoxy) is 1. The van der Waals surface area contributed by atoms with Gasteiger partial charge in [0.1, 0.15) is 0 Å². The minimum Gasteiger partial charge on any atom is -0.369 e. The lowest BCUT2D eigenvalue weighted by molar-refractivity contribution is -0.121. The lowest BCUT2D eigenvalue weighted by Crippen LogP contribution is -2.45. The van der Waals surface area contributed by atoms with E-state index >= 15 is 0 Å². The van der Waals surface area contributed by atoms with Crippen LogP contribution in [0.4, 0.5) is 0 Å². The van der Waals surface area contributed by atoms with Crippen molar-refractivity contribution in [1.29, 1.82) is 0 Å². The first-order chi connectivity index (χ1) is 15.0. The lowest BCUT2D eigenvalue weighted by Gasteiger charge is -2.53. The van der Waals surface area contributed by atoms with E-state index in [-0.39, 0.29) is 17.3 Å². The zero-order valence-corrected chi connectivity index (χ0v) is 21.0. The molecule has 2 heteroatoms. The third-order valence-electron chi connectivity index (χ3n) is 9.54. The average molecular weight is 437 g/mol. The quantitative estimate of drug-likeness (QED) is 0.336. The van der Waals surface area contributed by atoms with Crippen LogP contribution in [0.3, 0.4) is 0 Å². The van der Waals surface area contributed by atoms with Crippen molar-refractivity contribution in [3.8, 4) is 0 Å². The number of ketones is 1. The molecule has 2 nitrogen and oxygen atoms in total. The largest absolute Gasteiger partial charge is 0.369 e. The summed E-state index contributed by atoms with van der Waals surface area (Å²) in [6, 6.07) is 0. The van der Waals surface area contributed by atoms with Crippen LogP contribution in [0.2, 0.25) is 0 Å². The molecule has 0 aliphatic heterocycles. The van der Waals surface area contributed by atoms with Crippen molar-refractivity contribution in [1.82, 2.24) is 0 Å². The Morgan fingerprint density at radius 1 is 0.906 bits per heavy atom. The Morgan fingerprint density at radius 2 is 1.53 bits per heavy atom. The van der Waals surface area contributed by atoms with Gasteiger partial charge in [0, 0.05) is 12.0 Å². The Balaban J connectivity index is 1.40. The van der Waals surface area contributed by atoms with Crippen LogP contribution in [-0.4, -0.2) is 18.5 Å². The minimum atomic E-state index is -0.184. The molecule has 0 aromatic carbocycles. The molecule has 0 radical (unpaired) electrons. The standard InChI is InChI=1S/C30H44O2/c1-19-9-8-10-22(12-13-25-23(19)16-29(25,4)5)18-32-28-14-11-20(2)24-17-30(6,7)26(24)15-27(31)21(28)3/h10,23-26,28H,1-3,8-9,11-18H2,4-7H3/b22-10+/t23-,24-,25-,26-,28-/m1/s1. The predicted molar refractivity (Wildman–Crippen MR) is 133 cm³/mol. The minimum absolute atomic E-state index is 0.184. The van der Waals surface area contributed by atoms with E-state index in [0.717, 1.165) is 44.4 Å². The highest BCUT2D eigenvalue weighted by Crippen LogP contribution is 2.57. The molecule has 0 bridgehead atoms. The van der Waals surface area contributed by atoms with Crippen LogP contribution in [0.25, 0.3) is 0 Å². The van der Waals surface area contributed by atoms with Gasteiger partial charge in [-0.25, -0.2) is 0 Å². The van der Waals surface area contributed by atoms with Gasteiger partial charge in [-0.2, -0.15) is 0 Å². The molecule has 0 aromatic rings. The summed E-state index contributed by atoms with van der Waals surface area (Å²) < 4.78 is 6.43. The smallest absolute Gasteiger partial charge is 0.161 e. The van der Waals surface area contributed by atoms with Gasteiger partial charge in [0.2, 0.25) is 0 Å². The summed E-state index contributed by atoms with van der Waals surface area (Å²) in [5.41, 5.74) is 5.47. The number of rotatable bonds is 3. The van der Waals surface area contributed by atoms with E-state index in [0.29, 0.717) is 41.8 Å². The summed E-state index contributed by atoms with van der Waals surface area (Å²) in [4.78, 5) is 13.1. The van der Waals surface area contributed by atoms with Gasteiger partial charge in [0.25, 0.3) is 0 Å². The van der Waals surface area contributed by atoms with Gasteiger partial charge in [-0.3, -0.25) is 4.79 Å². The van der Waals surface area contributed by atoms with Crippen molar-refractivity contribution in [2.24, 2.45) is 34.5 Å². The third kappa shape index (κ3) is 4.49. The Bertz CT molecular complexity index is 839. The highest BCUT2D eigenvalue weighted by molar-refractivity contribution is 5.96. The first-order valence-electron chi connectivity index (χ1n) is 12.9. The van der Waals surface area contributed by atoms with Crippen molar-refractivity contribution >= 4 is 5.78 Å². The maximum atomic E-state index is 13.1. The van der Waals surface area contributed by atoms with Crippen LogP contribution in [0, 0.1) is 34.5 Å². The first kappa shape index (κ1) is 23.7. The molecule has 3 fully saturated rings. The van der Waals surface area contributed by atoms with Gasteiger partial charge >= 0.3 is 0 Å². The number of carbonyl (C=O) groups is 1. The van der Waals surface area contributed by atoms with E-state index < -0.39 is 0 Å². The molecule has 176 valence electrons. The normalized spacial score (nSPS) is 38.8. The highest BCUT2D eigenvalue weighted by atomic mass is 16.5. The molecular weight excluding hydrogens is 392 g/mol. The molecule has 0 amide bonds. The Labute approximate surface area is 196 Å². The number of Topliss-reactive ketones (excluding diaryl/α,β-unsaturated/α-hetero) is 1. The summed E-state index contributed by atoms with van der Waals surface area (Å²) in [6.07, 6.45) is 11.4. The summed E-state index contributed by atoms with van der Waals surface area (Å²) in [5.74, 6) is 2.54. The molecule has 4 aliphatic carbocycles. The van der Waals surface area contributed by atoms with E-state index in [1.807, 2.05) is 0 Å². The second kappa shape index (κ2) is 8.75. The fraction of sp³-hybridized carbons (Fsp3) is 0.700. The maximum absolute atomic E-state index is 13.1. The summed E-state index contributed by atoms with van der Waals surface area (Å²) >= 11 is 0. The van der Waals surface area contributed by atoms with Crippen molar-refractivity contribution in [3.05, 3.63) is 48.1 Å². The van der Waals surface area contributed by atoms with Gasteiger partial charge in [-0.1, -0.05) is 64.7 Å². The maximum Gasteiger partial charge on any atom is 0.161 e. The van der Waals surface area contributed by atoms with Crippen LogP contribution in [0.1, 0.15) is 85.5 Å². The fourth-order valence-corrected chi connectivity index (χ4v) is 7.16. The van der Waals surface area contributed by atoms with E-state index in [9.17, 15) is 4.79 Å². The van der Waals surface area contributed by atoms with Crippen LogP contribution in [0.5, 0.6) is 0 Å². The highest BCUT2D eigenvalue weighted by Gasteiger charge is 2.50. The number of fused-ring (bicyclic) bond motifs is 2. The molecule has 0 unspecified atom stereocenters. The van der Waals surface area contributed by atoms with Crippen LogP contribution in [-0.2, 0) is 9.53 Å². The van der Waals surface area contributed by atoms with E-state index in [1.54, 1.807) is 0 Å². The van der Waals surface area contributed by atoms with Gasteiger partial charge in [-0.15, -0.1) is 0 Å². The van der Waals surface area contributed by atoms with Crippen molar-refractivity contribution in [2.45, 2.75) is 91.6 Å². The molecule has 0 heterocycles. The van der Waals surface area contributed by atoms with Gasteiger partial charge < -0.3 is 4.74 Å². The number of hydrogen-bond acceptors (Lipinski definition) is 2. The molecule has 3 saturated carbocycles. The van der Waals surface area contributed by atoms with Gasteiger partial charge in [-0.05, 0) is 91.4 Å². The molecule has 4 aliphatic rings. The second-order valence-corrected chi connectivity index (χ2v) is 12.6. The molecular formula is C30H44O2. The molecule has 5 atom stereocenters. The molecule has 0 N–H and O–H groups in total. The Hall–Kier alpha value is -1.41. The van der Waals surface area contributed by atoms with Crippen molar-refractivity contribution in [2.75, 3.05) is 6.61 Å². The first-order valence-corrected chi connectivity index (χ1v) is 12.9. The average Bonchev–Trinajstić information content (AvgIpc) is 2.80. The zero-order valence-electron chi connectivity index (χ0n) is 21.0. The molecule has 0 spiro atoms. The summed E-state index contributed by atoms with van der Waals surface area (Å²) in [5, 5.41) is 0. The van der Waals surface area contributed by atoms with E-state index in [1.165, 1.54) is 29.6 Å². The monoisotopic (exact) mass is 436 g/mol. The Kier molecular flexibility index (Phi) is 6.49. The zero-order chi connectivity index (χ0) is 23.3. The molecule has 4 rings (SSSR count). The number of allylic oxidation sites excluding steroid dienone is 3. The topological polar surface area (TPSA) is 26.3 Å². The van der Waals surface area contributed by atoms with Crippen LogP contribution in [0.15, 0.2) is 48.1 Å². The number of carbonyl (C=O) groups excluding carboxylic acids is 1. The van der Waals surface area contributed by atoms with E-state index in [4.69, 9.17) is 4.74 Å². The van der Waals surface area contributed by atoms with Gasteiger partial charge in [0.15, 0.2) is 5.78 Å². The SMILES string of the molecule is C=C1CC/C=C(/CO[C@@H]2CCC(=C)[C@H]3CC(C)(C)[C@@H]3CC(=O)C2=C)CC[C@@H]2[C@@H]1CC2(C)C. The number of hydrogen-bond donors (Lipinski definition) is 0. The molecule has 32 heavy (non-hydrogen) atoms. The summed E-state index contributed by atoms with van der Waals surface area (Å²) in [6.45, 7) is 23.0. The van der Waals surface area contributed by atoms with Crippen LogP contribution < -0.4 is 0 Å². The molecule has 0 saturated heterocycles. The van der Waals surface area contributed by atoms with E-state index in [2.05, 4.69) is 53.5 Å². The Morgan fingerprint density at radius 3 is 2.19 bits per heavy atom. The second-order valence-electron chi connectivity index (χ2n) is 12.6. The van der Waals surface area contributed by atoms with Gasteiger partial charge in [0.05, 0.1) is 12.7 Å². The molecule has 0 aromatic heterocycles. The van der Waals surface area contributed by atoms with Crippen molar-refractivity contribution < 1.29 is 9.53 Å². The lowest BCUT2D eigenvalue weighted by atomic mass is 9.52. The van der Waals surface area contributed by atoms with Crippen LogP contribution >= 0.6 is 0 Å². The summed E-state index contributed by atoms with van der Waals surface area (Å²) in [7, 11) is 0. The fourth-order valence-electron chi connectivity index (χ4n) is 7.16.